The van der Waals surface area contributed by atoms with Crippen LogP contribution in [-0.2, 0) is 4.79 Å². The molecular weight excluding hydrogens is 444 g/mol. The molecule has 1 aromatic heterocycles. The van der Waals surface area contributed by atoms with Crippen molar-refractivity contribution in [3.63, 3.8) is 0 Å². The smallest absolute Gasteiger partial charge is 0.236 e. The summed E-state index contributed by atoms with van der Waals surface area (Å²) in [4.78, 5) is 17.8. The maximum Gasteiger partial charge on any atom is 0.236 e. The molecule has 3 aromatic carbocycles. The quantitative estimate of drug-likeness (QED) is 0.235. The number of aromatic nitrogens is 1. The minimum absolute atomic E-state index is 0.0729. The van der Waals surface area contributed by atoms with Crippen LogP contribution >= 0.6 is 35.3 Å². The molecule has 31 heavy (non-hydrogen) atoms. The van der Waals surface area contributed by atoms with Crippen LogP contribution in [0, 0.1) is 6.92 Å². The number of para-hydroxylation sites is 1. The number of nitrogens with zero attached hydrogens (tertiary/aromatic N) is 1. The average molecular weight is 465 g/mol. The number of aryl methyl sites for hydroxylation is 1. The average Bonchev–Trinajstić information content (AvgIpc) is 3.15. The van der Waals surface area contributed by atoms with Crippen LogP contribution in [0.4, 0.5) is 16.5 Å². The van der Waals surface area contributed by atoms with Crippen LogP contribution in [0.15, 0.2) is 77.7 Å². The fourth-order valence-corrected chi connectivity index (χ4v) is 4.75. The molecule has 0 aliphatic heterocycles. The lowest BCUT2D eigenvalue weighted by Crippen LogP contribution is -2.18. The van der Waals surface area contributed by atoms with Gasteiger partial charge >= 0.3 is 0 Å². The Morgan fingerprint density at radius 2 is 1.68 bits per heavy atom. The Labute approximate surface area is 194 Å². The molecule has 5 nitrogen and oxygen atoms in total. The van der Waals surface area contributed by atoms with Gasteiger partial charge < -0.3 is 16.0 Å². The van der Waals surface area contributed by atoms with Gasteiger partial charge in [-0.1, -0.05) is 35.6 Å². The molecule has 1 amide bonds. The maximum atomic E-state index is 12.3. The van der Waals surface area contributed by atoms with Gasteiger partial charge in [0.2, 0.25) is 5.91 Å². The minimum Gasteiger partial charge on any atom is -0.332 e. The molecule has 3 N–H and O–H groups in total. The summed E-state index contributed by atoms with van der Waals surface area (Å²) < 4.78 is 1.07. The highest BCUT2D eigenvalue weighted by Gasteiger charge is 2.09. The topological polar surface area (TPSA) is 66.0 Å². The Bertz CT molecular complexity index is 1210. The normalized spacial score (nSPS) is 10.6. The Kier molecular flexibility index (Phi) is 6.81. The second-order valence-electron chi connectivity index (χ2n) is 6.80. The number of hydrogen-bond acceptors (Lipinski definition) is 5. The van der Waals surface area contributed by atoms with Crippen molar-refractivity contribution in [2.45, 2.75) is 11.8 Å². The molecule has 0 saturated carbocycles. The zero-order chi connectivity index (χ0) is 21.6. The first-order chi connectivity index (χ1) is 15.0. The lowest BCUT2D eigenvalue weighted by atomic mass is 10.2. The molecule has 0 aliphatic rings. The second kappa shape index (κ2) is 9.91. The number of rotatable bonds is 6. The van der Waals surface area contributed by atoms with Gasteiger partial charge in [-0.15, -0.1) is 11.8 Å². The van der Waals surface area contributed by atoms with Gasteiger partial charge in [0.1, 0.15) is 0 Å². The molecule has 0 radical (unpaired) electrons. The van der Waals surface area contributed by atoms with E-state index in [4.69, 9.17) is 12.2 Å². The highest BCUT2D eigenvalue weighted by molar-refractivity contribution is 8.00. The van der Waals surface area contributed by atoms with Gasteiger partial charge in [0, 0.05) is 16.3 Å². The van der Waals surface area contributed by atoms with Crippen molar-refractivity contribution in [3.05, 3.63) is 78.4 Å². The van der Waals surface area contributed by atoms with Gasteiger partial charge in [0.05, 0.1) is 16.0 Å². The third kappa shape index (κ3) is 6.04. The molecule has 0 bridgehead atoms. The Morgan fingerprint density at radius 1 is 0.968 bits per heavy atom. The van der Waals surface area contributed by atoms with Gasteiger partial charge in [-0.2, -0.15) is 0 Å². The number of thiazole rings is 1. The van der Waals surface area contributed by atoms with Crippen molar-refractivity contribution in [1.82, 2.24) is 4.98 Å². The summed E-state index contributed by atoms with van der Waals surface area (Å²) in [5, 5.41) is 10.3. The van der Waals surface area contributed by atoms with E-state index in [9.17, 15) is 4.79 Å². The maximum absolute atomic E-state index is 12.3. The van der Waals surface area contributed by atoms with E-state index in [1.54, 1.807) is 0 Å². The fourth-order valence-electron chi connectivity index (χ4n) is 2.84. The molecule has 0 saturated heterocycles. The van der Waals surface area contributed by atoms with Crippen LogP contribution in [0.2, 0.25) is 0 Å². The van der Waals surface area contributed by atoms with Crippen molar-refractivity contribution >= 4 is 73.1 Å². The first-order valence-corrected chi connectivity index (χ1v) is 11.8. The summed E-state index contributed by atoms with van der Waals surface area (Å²) in [5.74, 6) is 0.242. The van der Waals surface area contributed by atoms with Crippen LogP contribution < -0.4 is 16.0 Å². The Balaban J connectivity index is 1.26. The van der Waals surface area contributed by atoms with E-state index in [0.29, 0.717) is 16.0 Å². The van der Waals surface area contributed by atoms with Gasteiger partial charge in [0.15, 0.2) is 10.2 Å². The third-order valence-electron chi connectivity index (χ3n) is 4.30. The van der Waals surface area contributed by atoms with E-state index < -0.39 is 0 Å². The highest BCUT2D eigenvalue weighted by Crippen LogP contribution is 2.27. The first-order valence-electron chi connectivity index (χ1n) is 9.58. The number of carbonyl (C=O) groups is 1. The van der Waals surface area contributed by atoms with Gasteiger partial charge in [-0.3, -0.25) is 4.79 Å². The number of fused-ring (bicyclic) bond motifs is 1. The summed E-state index contributed by atoms with van der Waals surface area (Å²) in [7, 11) is 0. The standard InChI is InChI=1S/C23H20N4OS3/c1-15-7-12-19-20(13-15)31-23(26-19)27-21(28)14-30-18-10-8-17(9-11-18)25-22(29)24-16-5-3-2-4-6-16/h2-13H,14H2,1H3,(H2,24,25,29)(H,26,27,28). The fraction of sp³-hybridized carbons (Fsp3) is 0.0870. The van der Waals surface area contributed by atoms with Crippen molar-refractivity contribution < 1.29 is 4.79 Å². The van der Waals surface area contributed by atoms with Crippen LogP contribution in [0.1, 0.15) is 5.56 Å². The predicted molar refractivity (Wildman–Crippen MR) is 136 cm³/mol. The number of benzene rings is 3. The van der Waals surface area contributed by atoms with Crippen molar-refractivity contribution in [3.8, 4) is 0 Å². The lowest BCUT2D eigenvalue weighted by Gasteiger charge is -2.11. The molecule has 0 unspecified atom stereocenters. The van der Waals surface area contributed by atoms with Gasteiger partial charge in [0.25, 0.3) is 0 Å². The summed E-state index contributed by atoms with van der Waals surface area (Å²) in [6, 6.07) is 23.6. The number of nitrogens with one attached hydrogen (secondary N) is 3. The van der Waals surface area contributed by atoms with Crippen molar-refractivity contribution in [2.75, 3.05) is 21.7 Å². The number of amides is 1. The number of thioether (sulfide) groups is 1. The molecule has 0 aliphatic carbocycles. The van der Waals surface area contributed by atoms with Crippen LogP contribution in [0.3, 0.4) is 0 Å². The largest absolute Gasteiger partial charge is 0.332 e. The minimum atomic E-state index is -0.0729. The van der Waals surface area contributed by atoms with E-state index in [1.165, 1.54) is 28.7 Å². The Morgan fingerprint density at radius 3 is 2.42 bits per heavy atom. The molecule has 0 fully saturated rings. The monoisotopic (exact) mass is 464 g/mol. The predicted octanol–water partition coefficient (Wildman–Crippen LogP) is 6.14. The van der Waals surface area contributed by atoms with E-state index >= 15 is 0 Å². The summed E-state index contributed by atoms with van der Waals surface area (Å²) >= 11 is 8.31. The summed E-state index contributed by atoms with van der Waals surface area (Å²) in [6.07, 6.45) is 0. The van der Waals surface area contributed by atoms with E-state index in [1.807, 2.05) is 73.7 Å². The molecule has 156 valence electrons. The highest BCUT2D eigenvalue weighted by atomic mass is 32.2. The van der Waals surface area contributed by atoms with Gasteiger partial charge in [-0.25, -0.2) is 4.98 Å². The summed E-state index contributed by atoms with van der Waals surface area (Å²) in [6.45, 7) is 2.04. The molecular formula is C23H20N4OS3. The number of anilines is 3. The zero-order valence-electron chi connectivity index (χ0n) is 16.7. The molecule has 4 rings (SSSR count). The molecule has 0 atom stereocenters. The van der Waals surface area contributed by atoms with Crippen LogP contribution in [0.25, 0.3) is 10.2 Å². The van der Waals surface area contributed by atoms with Crippen LogP contribution in [0.5, 0.6) is 0 Å². The number of carbonyl (C=O) groups excluding carboxylic acids is 1. The van der Waals surface area contributed by atoms with Gasteiger partial charge in [-0.05, 0) is 73.2 Å². The third-order valence-corrected chi connectivity index (χ3v) is 6.45. The van der Waals surface area contributed by atoms with Crippen molar-refractivity contribution in [1.29, 1.82) is 0 Å². The summed E-state index contributed by atoms with van der Waals surface area (Å²) in [5.41, 5.74) is 3.90. The van der Waals surface area contributed by atoms with E-state index in [0.717, 1.165) is 26.5 Å². The second-order valence-corrected chi connectivity index (χ2v) is 9.28. The molecule has 8 heteroatoms. The molecule has 1 heterocycles. The lowest BCUT2D eigenvalue weighted by molar-refractivity contribution is -0.113. The number of thiocarbonyl (C=S) groups is 1. The first kappa shape index (κ1) is 21.3. The van der Waals surface area contributed by atoms with E-state index in [-0.39, 0.29) is 5.91 Å². The number of hydrogen-bond donors (Lipinski definition) is 3. The molecule has 0 spiro atoms. The SMILES string of the molecule is Cc1ccc2nc(NC(=O)CSc3ccc(NC(=S)Nc4ccccc4)cc3)sc2c1. The van der Waals surface area contributed by atoms with Crippen molar-refractivity contribution in [2.24, 2.45) is 0 Å². The van der Waals surface area contributed by atoms with Crippen LogP contribution in [-0.4, -0.2) is 21.8 Å². The Hall–Kier alpha value is -2.94. The zero-order valence-corrected chi connectivity index (χ0v) is 19.2. The molecule has 4 aromatic rings. The van der Waals surface area contributed by atoms with E-state index in [2.05, 4.69) is 27.0 Å².